The van der Waals surface area contributed by atoms with E-state index in [0.717, 1.165) is 0 Å². The molecule has 0 amide bonds. The molecule has 3 nitrogen and oxygen atoms in total. The standard InChI is InChI=1S/C13H13FN2O/c14-10-5-1-2-6-11(10)16-9-13(17)12-7-3-4-8-15-12/h1-8,13,16-17H,9H2. The molecule has 0 aliphatic carbocycles. The van der Waals surface area contributed by atoms with Gasteiger partial charge in [-0.2, -0.15) is 0 Å². The first kappa shape index (κ1) is 11.5. The van der Waals surface area contributed by atoms with Gasteiger partial charge in [-0.05, 0) is 24.3 Å². The molecular weight excluding hydrogens is 219 g/mol. The van der Waals surface area contributed by atoms with Crippen LogP contribution < -0.4 is 5.32 Å². The van der Waals surface area contributed by atoms with Gasteiger partial charge in [-0.1, -0.05) is 18.2 Å². The van der Waals surface area contributed by atoms with E-state index >= 15 is 0 Å². The average Bonchev–Trinajstić information content (AvgIpc) is 2.38. The first-order valence-electron chi connectivity index (χ1n) is 5.35. The number of hydrogen-bond acceptors (Lipinski definition) is 3. The molecular formula is C13H13FN2O. The predicted molar refractivity (Wildman–Crippen MR) is 64.1 cm³/mol. The lowest BCUT2D eigenvalue weighted by Gasteiger charge is -2.12. The van der Waals surface area contributed by atoms with Crippen molar-refractivity contribution in [3.8, 4) is 0 Å². The average molecular weight is 232 g/mol. The lowest BCUT2D eigenvalue weighted by Crippen LogP contribution is -2.13. The Morgan fingerprint density at radius 1 is 1.18 bits per heavy atom. The summed E-state index contributed by atoms with van der Waals surface area (Å²) in [5.41, 5.74) is 0.943. The molecule has 0 aliphatic rings. The van der Waals surface area contributed by atoms with Crippen molar-refractivity contribution in [2.45, 2.75) is 6.10 Å². The highest BCUT2D eigenvalue weighted by Crippen LogP contribution is 2.15. The summed E-state index contributed by atoms with van der Waals surface area (Å²) in [5, 5.41) is 12.7. The smallest absolute Gasteiger partial charge is 0.146 e. The number of benzene rings is 1. The molecule has 1 heterocycles. The molecule has 0 saturated carbocycles. The van der Waals surface area contributed by atoms with Gasteiger partial charge < -0.3 is 10.4 Å². The van der Waals surface area contributed by atoms with Crippen molar-refractivity contribution in [3.63, 3.8) is 0 Å². The van der Waals surface area contributed by atoms with Crippen LogP contribution in [0.2, 0.25) is 0 Å². The Bertz CT molecular complexity index is 476. The number of aromatic nitrogens is 1. The Kier molecular flexibility index (Phi) is 3.67. The van der Waals surface area contributed by atoms with Gasteiger partial charge in [0.25, 0.3) is 0 Å². The Labute approximate surface area is 98.9 Å². The summed E-state index contributed by atoms with van der Waals surface area (Å²) in [4.78, 5) is 4.03. The van der Waals surface area contributed by atoms with Crippen molar-refractivity contribution in [2.75, 3.05) is 11.9 Å². The number of nitrogens with zero attached hydrogens (tertiary/aromatic N) is 1. The molecule has 1 unspecified atom stereocenters. The molecule has 88 valence electrons. The van der Waals surface area contributed by atoms with Gasteiger partial charge in [-0.15, -0.1) is 0 Å². The van der Waals surface area contributed by atoms with Gasteiger partial charge in [-0.3, -0.25) is 4.98 Å². The van der Waals surface area contributed by atoms with E-state index in [0.29, 0.717) is 11.4 Å². The van der Waals surface area contributed by atoms with E-state index in [4.69, 9.17) is 0 Å². The third-order valence-corrected chi connectivity index (χ3v) is 2.39. The fourth-order valence-electron chi connectivity index (χ4n) is 1.49. The van der Waals surface area contributed by atoms with Crippen LogP contribution in [0.1, 0.15) is 11.8 Å². The first-order valence-corrected chi connectivity index (χ1v) is 5.35. The number of pyridine rings is 1. The minimum Gasteiger partial charge on any atom is -0.385 e. The Hall–Kier alpha value is -1.94. The number of para-hydroxylation sites is 1. The fourth-order valence-corrected chi connectivity index (χ4v) is 1.49. The molecule has 17 heavy (non-hydrogen) atoms. The summed E-state index contributed by atoms with van der Waals surface area (Å²) in [6.45, 7) is 0.220. The number of halogens is 1. The van der Waals surface area contributed by atoms with Crippen LogP contribution in [0.4, 0.5) is 10.1 Å². The second-order valence-electron chi connectivity index (χ2n) is 3.63. The summed E-state index contributed by atoms with van der Waals surface area (Å²) < 4.78 is 13.3. The molecule has 1 atom stereocenters. The zero-order chi connectivity index (χ0) is 12.1. The largest absolute Gasteiger partial charge is 0.385 e. The van der Waals surface area contributed by atoms with Gasteiger partial charge in [0.1, 0.15) is 11.9 Å². The Balaban J connectivity index is 1.97. The molecule has 0 fully saturated rings. The molecule has 0 spiro atoms. The number of hydrogen-bond donors (Lipinski definition) is 2. The van der Waals surface area contributed by atoms with Crippen LogP contribution in [0, 0.1) is 5.82 Å². The Morgan fingerprint density at radius 2 is 1.94 bits per heavy atom. The lowest BCUT2D eigenvalue weighted by molar-refractivity contribution is 0.186. The molecule has 0 bridgehead atoms. The second-order valence-corrected chi connectivity index (χ2v) is 3.63. The summed E-state index contributed by atoms with van der Waals surface area (Å²) in [6, 6.07) is 11.7. The van der Waals surface area contributed by atoms with Crippen molar-refractivity contribution < 1.29 is 9.50 Å². The van der Waals surface area contributed by atoms with Gasteiger partial charge in [0.05, 0.1) is 11.4 Å². The highest BCUT2D eigenvalue weighted by Gasteiger charge is 2.08. The third kappa shape index (κ3) is 3.01. The molecule has 1 aromatic carbocycles. The summed E-state index contributed by atoms with van der Waals surface area (Å²) in [6.07, 6.45) is 0.859. The molecule has 2 N–H and O–H groups in total. The minimum atomic E-state index is -0.754. The SMILES string of the molecule is OC(CNc1ccccc1F)c1ccccn1. The van der Waals surface area contributed by atoms with Gasteiger partial charge >= 0.3 is 0 Å². The highest BCUT2D eigenvalue weighted by molar-refractivity contribution is 5.44. The summed E-state index contributed by atoms with van der Waals surface area (Å²) >= 11 is 0. The van der Waals surface area contributed by atoms with Gasteiger partial charge in [-0.25, -0.2) is 4.39 Å². The van der Waals surface area contributed by atoms with E-state index in [9.17, 15) is 9.50 Å². The van der Waals surface area contributed by atoms with E-state index in [-0.39, 0.29) is 12.4 Å². The van der Waals surface area contributed by atoms with Crippen LogP contribution in [0.3, 0.4) is 0 Å². The van der Waals surface area contributed by atoms with Gasteiger partial charge in [0.15, 0.2) is 0 Å². The molecule has 0 saturated heterocycles. The van der Waals surface area contributed by atoms with E-state index in [2.05, 4.69) is 10.3 Å². The number of rotatable bonds is 4. The van der Waals surface area contributed by atoms with Crippen molar-refractivity contribution >= 4 is 5.69 Å². The van der Waals surface area contributed by atoms with Crippen molar-refractivity contribution in [1.82, 2.24) is 4.98 Å². The molecule has 0 aliphatic heterocycles. The maximum Gasteiger partial charge on any atom is 0.146 e. The quantitative estimate of drug-likeness (QED) is 0.850. The van der Waals surface area contributed by atoms with Crippen LogP contribution in [-0.4, -0.2) is 16.6 Å². The Morgan fingerprint density at radius 3 is 2.65 bits per heavy atom. The van der Waals surface area contributed by atoms with Gasteiger partial charge in [0.2, 0.25) is 0 Å². The van der Waals surface area contributed by atoms with E-state index < -0.39 is 6.10 Å². The molecule has 2 aromatic rings. The predicted octanol–water partition coefficient (Wildman–Crippen LogP) is 2.37. The first-order chi connectivity index (χ1) is 8.27. The fraction of sp³-hybridized carbons (Fsp3) is 0.154. The van der Waals surface area contributed by atoms with Crippen LogP contribution in [0.5, 0.6) is 0 Å². The normalized spacial score (nSPS) is 12.1. The van der Waals surface area contributed by atoms with Crippen molar-refractivity contribution in [2.24, 2.45) is 0 Å². The van der Waals surface area contributed by atoms with E-state index in [1.165, 1.54) is 6.07 Å². The maximum absolute atomic E-state index is 13.3. The molecule has 4 heteroatoms. The lowest BCUT2D eigenvalue weighted by atomic mass is 10.2. The van der Waals surface area contributed by atoms with E-state index in [1.807, 2.05) is 0 Å². The van der Waals surface area contributed by atoms with Crippen molar-refractivity contribution in [1.29, 1.82) is 0 Å². The second kappa shape index (κ2) is 5.41. The van der Waals surface area contributed by atoms with Crippen LogP contribution in [0.15, 0.2) is 48.7 Å². The minimum absolute atomic E-state index is 0.220. The monoisotopic (exact) mass is 232 g/mol. The van der Waals surface area contributed by atoms with Crippen LogP contribution in [-0.2, 0) is 0 Å². The van der Waals surface area contributed by atoms with Crippen LogP contribution in [0.25, 0.3) is 0 Å². The summed E-state index contributed by atoms with van der Waals surface area (Å²) in [7, 11) is 0. The van der Waals surface area contributed by atoms with Gasteiger partial charge in [0, 0.05) is 12.7 Å². The number of nitrogens with one attached hydrogen (secondary N) is 1. The van der Waals surface area contributed by atoms with Crippen molar-refractivity contribution in [3.05, 3.63) is 60.2 Å². The highest BCUT2D eigenvalue weighted by atomic mass is 19.1. The molecule has 1 aromatic heterocycles. The van der Waals surface area contributed by atoms with E-state index in [1.54, 1.807) is 42.6 Å². The maximum atomic E-state index is 13.3. The topological polar surface area (TPSA) is 45.1 Å². The molecule has 0 radical (unpaired) electrons. The number of aliphatic hydroxyl groups is 1. The molecule has 2 rings (SSSR count). The zero-order valence-electron chi connectivity index (χ0n) is 9.18. The third-order valence-electron chi connectivity index (χ3n) is 2.39. The van der Waals surface area contributed by atoms with Crippen LogP contribution >= 0.6 is 0 Å². The summed E-state index contributed by atoms with van der Waals surface area (Å²) in [5.74, 6) is -0.333. The number of aliphatic hydroxyl groups excluding tert-OH is 1. The number of anilines is 1. The zero-order valence-corrected chi connectivity index (χ0v) is 9.18.